The number of aliphatic hydroxyl groups excluding tert-OH is 1. The Kier molecular flexibility index (Phi) is 3.82. The van der Waals surface area contributed by atoms with Crippen LogP contribution in [0.1, 0.15) is 18.4 Å². The fourth-order valence-electron chi connectivity index (χ4n) is 1.66. The first-order valence-corrected chi connectivity index (χ1v) is 7.33. The molecule has 0 aromatic heterocycles. The Morgan fingerprint density at radius 3 is 2.67 bits per heavy atom. The van der Waals surface area contributed by atoms with Crippen molar-refractivity contribution in [3.8, 4) is 5.75 Å². The van der Waals surface area contributed by atoms with Gasteiger partial charge in [-0.3, -0.25) is 0 Å². The van der Waals surface area contributed by atoms with Crippen LogP contribution in [0.15, 0.2) is 17.0 Å². The number of benzene rings is 1. The summed E-state index contributed by atoms with van der Waals surface area (Å²) < 4.78 is 31.9. The van der Waals surface area contributed by atoms with E-state index < -0.39 is 10.0 Å². The Bertz CT molecular complexity index is 554. The molecule has 1 aromatic carbocycles. The number of rotatable bonds is 5. The van der Waals surface area contributed by atoms with E-state index in [1.807, 2.05) is 0 Å². The first-order valence-electron chi connectivity index (χ1n) is 5.47. The summed E-state index contributed by atoms with van der Waals surface area (Å²) in [6.45, 7) is -0.338. The van der Waals surface area contributed by atoms with Gasteiger partial charge in [0.1, 0.15) is 10.6 Å². The zero-order chi connectivity index (χ0) is 13.3. The highest BCUT2D eigenvalue weighted by Gasteiger charge is 2.30. The zero-order valence-corrected chi connectivity index (χ0v) is 11.4. The number of ether oxygens (including phenoxy) is 1. The first kappa shape index (κ1) is 13.6. The lowest BCUT2D eigenvalue weighted by Crippen LogP contribution is -2.26. The molecule has 7 heteroatoms. The molecule has 0 atom stereocenters. The van der Waals surface area contributed by atoms with Crippen molar-refractivity contribution in [3.05, 3.63) is 22.7 Å². The summed E-state index contributed by atoms with van der Waals surface area (Å²) in [7, 11) is -2.31. The van der Waals surface area contributed by atoms with E-state index in [2.05, 4.69) is 4.72 Å². The van der Waals surface area contributed by atoms with Gasteiger partial charge in [-0.1, -0.05) is 11.6 Å². The van der Waals surface area contributed by atoms with E-state index in [-0.39, 0.29) is 28.3 Å². The summed E-state index contributed by atoms with van der Waals surface area (Å²) in [5.74, 6) is 0.134. The molecule has 5 nitrogen and oxygen atoms in total. The fourth-order valence-corrected chi connectivity index (χ4v) is 3.50. The van der Waals surface area contributed by atoms with Crippen LogP contribution in [0.4, 0.5) is 0 Å². The maximum absolute atomic E-state index is 12.2. The Morgan fingerprint density at radius 2 is 2.17 bits per heavy atom. The van der Waals surface area contributed by atoms with E-state index in [1.54, 1.807) is 0 Å². The topological polar surface area (TPSA) is 75.6 Å². The Balaban J connectivity index is 2.50. The van der Waals surface area contributed by atoms with Gasteiger partial charge in [0, 0.05) is 16.6 Å². The van der Waals surface area contributed by atoms with Crippen LogP contribution in [0.5, 0.6) is 5.75 Å². The van der Waals surface area contributed by atoms with Gasteiger partial charge >= 0.3 is 0 Å². The van der Waals surface area contributed by atoms with Gasteiger partial charge in [-0.05, 0) is 25.0 Å². The van der Waals surface area contributed by atoms with Crippen molar-refractivity contribution >= 4 is 21.6 Å². The average Bonchev–Trinajstić information content (AvgIpc) is 3.11. The maximum Gasteiger partial charge on any atom is 0.244 e. The molecule has 0 unspecified atom stereocenters. The number of hydrogen-bond donors (Lipinski definition) is 2. The second-order valence-corrected chi connectivity index (χ2v) is 6.27. The summed E-state index contributed by atoms with van der Waals surface area (Å²) in [4.78, 5) is -0.0338. The van der Waals surface area contributed by atoms with E-state index in [0.29, 0.717) is 5.56 Å². The van der Waals surface area contributed by atoms with Crippen molar-refractivity contribution < 1.29 is 18.3 Å². The number of hydrogen-bond acceptors (Lipinski definition) is 4. The molecule has 0 spiro atoms. The van der Waals surface area contributed by atoms with Crippen LogP contribution in [0.3, 0.4) is 0 Å². The lowest BCUT2D eigenvalue weighted by Gasteiger charge is -2.14. The molecule has 0 aliphatic heterocycles. The summed E-state index contributed by atoms with van der Waals surface area (Å²) in [5, 5.41) is 9.45. The molecule has 0 radical (unpaired) electrons. The molecule has 1 aliphatic rings. The van der Waals surface area contributed by atoms with E-state index in [1.165, 1.54) is 19.2 Å². The van der Waals surface area contributed by atoms with Gasteiger partial charge in [-0.25, -0.2) is 13.1 Å². The van der Waals surface area contributed by atoms with Gasteiger partial charge in [-0.15, -0.1) is 0 Å². The smallest absolute Gasteiger partial charge is 0.244 e. The largest absolute Gasteiger partial charge is 0.495 e. The minimum Gasteiger partial charge on any atom is -0.495 e. The number of halogens is 1. The van der Waals surface area contributed by atoms with Crippen LogP contribution in [-0.4, -0.2) is 26.7 Å². The van der Waals surface area contributed by atoms with Crippen molar-refractivity contribution in [1.29, 1.82) is 0 Å². The molecule has 0 saturated heterocycles. The third-order valence-corrected chi connectivity index (χ3v) is 4.40. The highest BCUT2D eigenvalue weighted by Crippen LogP contribution is 2.33. The minimum atomic E-state index is -3.67. The van der Waals surface area contributed by atoms with Crippen molar-refractivity contribution in [3.63, 3.8) is 0 Å². The third kappa shape index (κ3) is 2.77. The summed E-state index contributed by atoms with van der Waals surface area (Å²) in [6.07, 6.45) is 1.68. The zero-order valence-electron chi connectivity index (χ0n) is 9.81. The molecule has 1 saturated carbocycles. The van der Waals surface area contributed by atoms with Gasteiger partial charge < -0.3 is 9.84 Å². The van der Waals surface area contributed by atoms with Crippen molar-refractivity contribution in [2.75, 3.05) is 7.11 Å². The van der Waals surface area contributed by atoms with Crippen LogP contribution in [0.2, 0.25) is 5.02 Å². The van der Waals surface area contributed by atoms with Crippen LogP contribution in [0.25, 0.3) is 0 Å². The normalized spacial score (nSPS) is 15.7. The molecule has 2 rings (SSSR count). The molecule has 100 valence electrons. The molecule has 2 N–H and O–H groups in total. The molecule has 0 bridgehead atoms. The second kappa shape index (κ2) is 5.05. The number of sulfonamides is 1. The van der Waals surface area contributed by atoms with Crippen molar-refractivity contribution in [2.24, 2.45) is 0 Å². The van der Waals surface area contributed by atoms with Crippen LogP contribution in [0, 0.1) is 0 Å². The quantitative estimate of drug-likeness (QED) is 0.857. The van der Waals surface area contributed by atoms with Gasteiger partial charge in [0.2, 0.25) is 10.0 Å². The van der Waals surface area contributed by atoms with E-state index in [4.69, 9.17) is 16.3 Å². The Hall–Kier alpha value is -0.820. The molecule has 1 aliphatic carbocycles. The van der Waals surface area contributed by atoms with Crippen molar-refractivity contribution in [2.45, 2.75) is 30.4 Å². The lowest BCUT2D eigenvalue weighted by atomic mass is 10.2. The molecule has 1 aromatic rings. The van der Waals surface area contributed by atoms with Gasteiger partial charge in [0.25, 0.3) is 0 Å². The van der Waals surface area contributed by atoms with Crippen molar-refractivity contribution in [1.82, 2.24) is 4.72 Å². The predicted molar refractivity (Wildman–Crippen MR) is 67.3 cm³/mol. The monoisotopic (exact) mass is 291 g/mol. The van der Waals surface area contributed by atoms with Crippen LogP contribution in [-0.2, 0) is 16.6 Å². The van der Waals surface area contributed by atoms with Gasteiger partial charge in [0.15, 0.2) is 0 Å². The Morgan fingerprint density at radius 1 is 1.50 bits per heavy atom. The number of methoxy groups -OCH3 is 1. The predicted octanol–water partition coefficient (Wildman–Crippen LogP) is 1.28. The maximum atomic E-state index is 12.2. The lowest BCUT2D eigenvalue weighted by molar-refractivity contribution is 0.272. The third-order valence-electron chi connectivity index (χ3n) is 2.66. The van der Waals surface area contributed by atoms with Gasteiger partial charge in [0.05, 0.1) is 13.7 Å². The Labute approximate surface area is 111 Å². The summed E-state index contributed by atoms with van der Waals surface area (Å²) in [6, 6.07) is 2.80. The molecule has 18 heavy (non-hydrogen) atoms. The molecule has 0 amide bonds. The molecule has 1 fully saturated rings. The SMILES string of the molecule is COc1c(CO)cc(Cl)cc1S(=O)(=O)NC1CC1. The number of aliphatic hydroxyl groups is 1. The van der Waals surface area contributed by atoms with E-state index >= 15 is 0 Å². The highest BCUT2D eigenvalue weighted by atomic mass is 35.5. The fraction of sp³-hybridized carbons (Fsp3) is 0.455. The standard InChI is InChI=1S/C11H14ClNO4S/c1-17-11-7(6-14)4-8(12)5-10(11)18(15,16)13-9-2-3-9/h4-5,9,13-14H,2-3,6H2,1H3. The van der Waals surface area contributed by atoms with E-state index in [0.717, 1.165) is 12.8 Å². The minimum absolute atomic E-state index is 0.00346. The summed E-state index contributed by atoms with van der Waals surface area (Å²) in [5.41, 5.74) is 0.348. The van der Waals surface area contributed by atoms with Crippen LogP contribution >= 0.6 is 11.6 Å². The molecular weight excluding hydrogens is 278 g/mol. The summed E-state index contributed by atoms with van der Waals surface area (Å²) >= 11 is 5.86. The second-order valence-electron chi connectivity index (χ2n) is 4.15. The number of nitrogens with one attached hydrogen (secondary N) is 1. The van der Waals surface area contributed by atoms with Crippen LogP contribution < -0.4 is 9.46 Å². The highest BCUT2D eigenvalue weighted by molar-refractivity contribution is 7.89. The first-order chi connectivity index (χ1) is 8.47. The van der Waals surface area contributed by atoms with E-state index in [9.17, 15) is 13.5 Å². The molecule has 0 heterocycles. The average molecular weight is 292 g/mol. The molecular formula is C11H14ClNO4S. The van der Waals surface area contributed by atoms with Gasteiger partial charge in [-0.2, -0.15) is 0 Å².